The van der Waals surface area contributed by atoms with Gasteiger partial charge in [-0.15, -0.1) is 0 Å². The van der Waals surface area contributed by atoms with Crippen molar-refractivity contribution in [1.82, 2.24) is 0 Å². The molecule has 2 nitrogen and oxygen atoms in total. The van der Waals surface area contributed by atoms with Crippen LogP contribution in [0.3, 0.4) is 0 Å². The van der Waals surface area contributed by atoms with E-state index in [1.807, 2.05) is 30.3 Å². The highest BCUT2D eigenvalue weighted by Crippen LogP contribution is 2.16. The molecule has 2 N–H and O–H groups in total. The Kier molecular flexibility index (Phi) is 3.77. The fraction of sp³-hybridized carbons (Fsp3) is 0.400. The van der Waals surface area contributed by atoms with Gasteiger partial charge in [-0.3, -0.25) is 0 Å². The van der Waals surface area contributed by atoms with Gasteiger partial charge in [0.15, 0.2) is 0 Å². The van der Waals surface area contributed by atoms with Gasteiger partial charge in [0.2, 0.25) is 0 Å². The minimum absolute atomic E-state index is 0.143. The van der Waals surface area contributed by atoms with E-state index in [0.29, 0.717) is 12.8 Å². The minimum atomic E-state index is -0.432. The lowest BCUT2D eigenvalue weighted by Crippen LogP contribution is -1.98. The van der Waals surface area contributed by atoms with Crippen molar-refractivity contribution in [2.45, 2.75) is 18.9 Å². The number of benzene rings is 1. The second-order valence-corrected chi connectivity index (χ2v) is 2.79. The molecule has 0 heterocycles. The fourth-order valence-corrected chi connectivity index (χ4v) is 1.13. The highest BCUT2D eigenvalue weighted by Gasteiger charge is 2.04. The molecule has 1 rings (SSSR count). The van der Waals surface area contributed by atoms with Crippen LogP contribution in [0, 0.1) is 0 Å². The van der Waals surface area contributed by atoms with Crippen molar-refractivity contribution in [2.24, 2.45) is 0 Å². The maximum absolute atomic E-state index is 9.54. The summed E-state index contributed by atoms with van der Waals surface area (Å²) < 4.78 is 0. The zero-order valence-corrected chi connectivity index (χ0v) is 6.98. The normalized spacial score (nSPS) is 12.8. The summed E-state index contributed by atoms with van der Waals surface area (Å²) in [4.78, 5) is 0. The van der Waals surface area contributed by atoms with Crippen molar-refractivity contribution in [3.8, 4) is 0 Å². The van der Waals surface area contributed by atoms with Gasteiger partial charge in [0, 0.05) is 6.61 Å². The van der Waals surface area contributed by atoms with E-state index >= 15 is 0 Å². The zero-order valence-electron chi connectivity index (χ0n) is 6.98. The first-order chi connectivity index (χ1) is 5.84. The lowest BCUT2D eigenvalue weighted by atomic mass is 10.1. The third kappa shape index (κ3) is 2.64. The molecule has 0 saturated carbocycles. The van der Waals surface area contributed by atoms with E-state index in [9.17, 15) is 5.11 Å². The van der Waals surface area contributed by atoms with E-state index in [4.69, 9.17) is 5.11 Å². The van der Waals surface area contributed by atoms with Gasteiger partial charge >= 0.3 is 0 Å². The monoisotopic (exact) mass is 166 g/mol. The highest BCUT2D eigenvalue weighted by molar-refractivity contribution is 5.16. The van der Waals surface area contributed by atoms with Gasteiger partial charge in [-0.2, -0.15) is 0 Å². The third-order valence-electron chi connectivity index (χ3n) is 1.82. The Bertz CT molecular complexity index is 208. The summed E-state index contributed by atoms with van der Waals surface area (Å²) in [5, 5.41) is 18.1. The van der Waals surface area contributed by atoms with Crippen LogP contribution in [0.1, 0.15) is 24.5 Å². The number of rotatable bonds is 4. The Morgan fingerprint density at radius 1 is 1.17 bits per heavy atom. The largest absolute Gasteiger partial charge is 0.396 e. The SMILES string of the molecule is OCCC[C@@H](O)c1ccccc1. The van der Waals surface area contributed by atoms with Crippen molar-refractivity contribution in [2.75, 3.05) is 6.61 Å². The van der Waals surface area contributed by atoms with Crippen LogP contribution in [0.2, 0.25) is 0 Å². The molecule has 0 radical (unpaired) electrons. The van der Waals surface area contributed by atoms with Crippen molar-refractivity contribution >= 4 is 0 Å². The summed E-state index contributed by atoms with van der Waals surface area (Å²) in [6, 6.07) is 9.50. The Labute approximate surface area is 72.5 Å². The van der Waals surface area contributed by atoms with E-state index < -0.39 is 6.10 Å². The second-order valence-electron chi connectivity index (χ2n) is 2.79. The van der Waals surface area contributed by atoms with Gasteiger partial charge in [-0.05, 0) is 18.4 Å². The molecule has 1 atom stereocenters. The van der Waals surface area contributed by atoms with Crippen LogP contribution >= 0.6 is 0 Å². The predicted octanol–water partition coefficient (Wildman–Crippen LogP) is 1.49. The van der Waals surface area contributed by atoms with Gasteiger partial charge in [-0.25, -0.2) is 0 Å². The molecule has 0 aliphatic carbocycles. The van der Waals surface area contributed by atoms with E-state index in [1.165, 1.54) is 0 Å². The maximum Gasteiger partial charge on any atom is 0.0790 e. The van der Waals surface area contributed by atoms with E-state index in [1.54, 1.807) is 0 Å². The van der Waals surface area contributed by atoms with Gasteiger partial charge in [0.05, 0.1) is 6.10 Å². The fourth-order valence-electron chi connectivity index (χ4n) is 1.13. The Morgan fingerprint density at radius 2 is 1.83 bits per heavy atom. The average molecular weight is 166 g/mol. The molecule has 0 aliphatic rings. The molecule has 1 aromatic carbocycles. The van der Waals surface area contributed by atoms with Crippen molar-refractivity contribution in [3.63, 3.8) is 0 Å². The van der Waals surface area contributed by atoms with Crippen molar-refractivity contribution < 1.29 is 10.2 Å². The molecule has 0 bridgehead atoms. The van der Waals surface area contributed by atoms with Crippen LogP contribution in [0.15, 0.2) is 30.3 Å². The molecular formula is C10H14O2. The smallest absolute Gasteiger partial charge is 0.0790 e. The van der Waals surface area contributed by atoms with Crippen LogP contribution in [-0.4, -0.2) is 16.8 Å². The highest BCUT2D eigenvalue weighted by atomic mass is 16.3. The number of aliphatic hydroxyl groups excluding tert-OH is 2. The van der Waals surface area contributed by atoms with Crippen LogP contribution < -0.4 is 0 Å². The zero-order chi connectivity index (χ0) is 8.81. The van der Waals surface area contributed by atoms with Crippen LogP contribution in [-0.2, 0) is 0 Å². The van der Waals surface area contributed by atoms with Gasteiger partial charge in [0.1, 0.15) is 0 Å². The molecular weight excluding hydrogens is 152 g/mol. The molecule has 0 aliphatic heterocycles. The van der Waals surface area contributed by atoms with E-state index in [-0.39, 0.29) is 6.61 Å². The molecule has 1 aromatic rings. The Hall–Kier alpha value is -0.860. The molecule has 0 unspecified atom stereocenters. The summed E-state index contributed by atoms with van der Waals surface area (Å²) in [5.74, 6) is 0. The molecule has 0 saturated heterocycles. The molecule has 0 aromatic heterocycles. The van der Waals surface area contributed by atoms with Crippen molar-refractivity contribution in [3.05, 3.63) is 35.9 Å². The molecule has 12 heavy (non-hydrogen) atoms. The number of hydrogen-bond acceptors (Lipinski definition) is 2. The standard InChI is InChI=1S/C10H14O2/c11-8-4-7-10(12)9-5-2-1-3-6-9/h1-3,5-6,10-12H,4,7-8H2/t10-/m1/s1. The van der Waals surface area contributed by atoms with Crippen LogP contribution in [0.5, 0.6) is 0 Å². The lowest BCUT2D eigenvalue weighted by molar-refractivity contribution is 0.152. The van der Waals surface area contributed by atoms with Crippen molar-refractivity contribution in [1.29, 1.82) is 0 Å². The quantitative estimate of drug-likeness (QED) is 0.711. The third-order valence-corrected chi connectivity index (χ3v) is 1.82. The molecule has 0 spiro atoms. The number of aliphatic hydroxyl groups is 2. The second kappa shape index (κ2) is 4.91. The van der Waals surface area contributed by atoms with Gasteiger partial charge in [-0.1, -0.05) is 30.3 Å². The first-order valence-electron chi connectivity index (χ1n) is 4.18. The van der Waals surface area contributed by atoms with Gasteiger partial charge in [0.25, 0.3) is 0 Å². The topological polar surface area (TPSA) is 40.5 Å². The van der Waals surface area contributed by atoms with E-state index in [0.717, 1.165) is 5.56 Å². The summed E-state index contributed by atoms with van der Waals surface area (Å²) in [6.07, 6.45) is 0.842. The molecule has 2 heteroatoms. The lowest BCUT2D eigenvalue weighted by Gasteiger charge is -2.08. The van der Waals surface area contributed by atoms with Gasteiger partial charge < -0.3 is 10.2 Å². The Balaban J connectivity index is 2.48. The first kappa shape index (κ1) is 9.23. The summed E-state index contributed by atoms with van der Waals surface area (Å²) in [6.45, 7) is 0.143. The summed E-state index contributed by atoms with van der Waals surface area (Å²) >= 11 is 0. The summed E-state index contributed by atoms with van der Waals surface area (Å²) in [7, 11) is 0. The predicted molar refractivity (Wildman–Crippen MR) is 47.7 cm³/mol. The Morgan fingerprint density at radius 3 is 2.42 bits per heavy atom. The molecule has 0 fully saturated rings. The summed E-state index contributed by atoms with van der Waals surface area (Å²) in [5.41, 5.74) is 0.922. The maximum atomic E-state index is 9.54. The average Bonchev–Trinajstić information content (AvgIpc) is 2.15. The first-order valence-corrected chi connectivity index (χ1v) is 4.18. The molecule has 66 valence electrons. The van der Waals surface area contributed by atoms with Crippen LogP contribution in [0.25, 0.3) is 0 Å². The van der Waals surface area contributed by atoms with E-state index in [2.05, 4.69) is 0 Å². The number of hydrogen-bond donors (Lipinski definition) is 2. The molecule has 0 amide bonds. The minimum Gasteiger partial charge on any atom is -0.396 e. The van der Waals surface area contributed by atoms with Crippen LogP contribution in [0.4, 0.5) is 0 Å².